The largest absolute Gasteiger partial charge is 0.490 e. The second-order valence-corrected chi connectivity index (χ2v) is 6.79. The van der Waals surface area contributed by atoms with Crippen LogP contribution in [-0.2, 0) is 11.3 Å². The second-order valence-electron chi connectivity index (χ2n) is 6.79. The Labute approximate surface area is 169 Å². The molecule has 8 heteroatoms. The molecular weight excluding hydrogens is 370 g/mol. The van der Waals surface area contributed by atoms with Crippen molar-refractivity contribution in [1.82, 2.24) is 25.5 Å². The maximum Gasteiger partial charge on any atom is 0.346 e. The summed E-state index contributed by atoms with van der Waals surface area (Å²) in [5, 5.41) is 15.2. The summed E-state index contributed by atoms with van der Waals surface area (Å²) in [7, 11) is 0. The van der Waals surface area contributed by atoms with Crippen molar-refractivity contribution < 1.29 is 14.2 Å². The molecule has 1 atom stereocenters. The van der Waals surface area contributed by atoms with E-state index in [4.69, 9.17) is 14.2 Å². The Morgan fingerprint density at radius 3 is 2.86 bits per heavy atom. The van der Waals surface area contributed by atoms with Crippen molar-refractivity contribution in [2.24, 2.45) is 0 Å². The zero-order chi connectivity index (χ0) is 19.9. The van der Waals surface area contributed by atoms with Crippen molar-refractivity contribution in [3.8, 4) is 23.2 Å². The molecule has 1 aliphatic heterocycles. The van der Waals surface area contributed by atoms with Crippen LogP contribution in [0, 0.1) is 0 Å². The summed E-state index contributed by atoms with van der Waals surface area (Å²) >= 11 is 0. The van der Waals surface area contributed by atoms with Gasteiger partial charge in [0.15, 0.2) is 11.5 Å². The number of tetrazole rings is 1. The van der Waals surface area contributed by atoms with E-state index in [1.807, 2.05) is 55.5 Å². The molecule has 29 heavy (non-hydrogen) atoms. The van der Waals surface area contributed by atoms with Gasteiger partial charge >= 0.3 is 6.01 Å². The van der Waals surface area contributed by atoms with E-state index < -0.39 is 0 Å². The van der Waals surface area contributed by atoms with Crippen molar-refractivity contribution in [2.75, 3.05) is 19.8 Å². The van der Waals surface area contributed by atoms with Gasteiger partial charge < -0.3 is 19.5 Å². The third-order valence-corrected chi connectivity index (χ3v) is 4.68. The third-order valence-electron chi connectivity index (χ3n) is 4.68. The highest BCUT2D eigenvalue weighted by atomic mass is 16.5. The van der Waals surface area contributed by atoms with Gasteiger partial charge in [0.25, 0.3) is 0 Å². The van der Waals surface area contributed by atoms with Gasteiger partial charge in [-0.15, -0.1) is 0 Å². The average Bonchev–Trinajstić information content (AvgIpc) is 3.43. The molecule has 1 fully saturated rings. The first kappa shape index (κ1) is 19.4. The van der Waals surface area contributed by atoms with E-state index in [1.54, 1.807) is 4.68 Å². The van der Waals surface area contributed by atoms with Crippen LogP contribution in [-0.4, -0.2) is 46.1 Å². The predicted molar refractivity (Wildman–Crippen MR) is 108 cm³/mol. The summed E-state index contributed by atoms with van der Waals surface area (Å²) in [6.07, 6.45) is 2.59. The fourth-order valence-electron chi connectivity index (χ4n) is 3.27. The summed E-state index contributed by atoms with van der Waals surface area (Å²) in [4.78, 5) is 0. The lowest BCUT2D eigenvalue weighted by Gasteiger charge is -2.14. The first-order valence-electron chi connectivity index (χ1n) is 9.93. The van der Waals surface area contributed by atoms with Crippen LogP contribution in [0.15, 0.2) is 48.5 Å². The van der Waals surface area contributed by atoms with Crippen LogP contribution in [0.5, 0.6) is 17.5 Å². The number of nitrogens with zero attached hydrogens (tertiary/aromatic N) is 4. The van der Waals surface area contributed by atoms with Gasteiger partial charge in [0.2, 0.25) is 0 Å². The second kappa shape index (κ2) is 9.49. The molecule has 3 aromatic rings. The van der Waals surface area contributed by atoms with E-state index in [0.717, 1.165) is 43.8 Å². The van der Waals surface area contributed by atoms with Gasteiger partial charge in [0, 0.05) is 19.7 Å². The van der Waals surface area contributed by atoms with Gasteiger partial charge in [-0.2, -0.15) is 4.68 Å². The zero-order valence-electron chi connectivity index (χ0n) is 16.5. The normalized spacial score (nSPS) is 16.1. The fourth-order valence-corrected chi connectivity index (χ4v) is 3.27. The zero-order valence-corrected chi connectivity index (χ0v) is 16.5. The minimum Gasteiger partial charge on any atom is -0.490 e. The molecule has 0 aliphatic carbocycles. The molecule has 0 amide bonds. The Morgan fingerprint density at radius 1 is 1.17 bits per heavy atom. The maximum absolute atomic E-state index is 5.99. The van der Waals surface area contributed by atoms with Crippen LogP contribution in [0.3, 0.4) is 0 Å². The van der Waals surface area contributed by atoms with Crippen molar-refractivity contribution in [3.05, 3.63) is 54.1 Å². The summed E-state index contributed by atoms with van der Waals surface area (Å²) < 4.78 is 19.0. The number of hydrogen-bond acceptors (Lipinski definition) is 7. The SMILES string of the molecule is CCOc1cc(CNCC2CCCO2)ccc1Oc1nnnn1-c1ccccc1. The van der Waals surface area contributed by atoms with Gasteiger partial charge in [-0.3, -0.25) is 0 Å². The topological polar surface area (TPSA) is 83.3 Å². The smallest absolute Gasteiger partial charge is 0.346 e. The molecule has 4 rings (SSSR count). The molecule has 152 valence electrons. The number of rotatable bonds is 9. The fraction of sp³-hybridized carbons (Fsp3) is 0.381. The number of hydrogen-bond donors (Lipinski definition) is 1. The van der Waals surface area contributed by atoms with E-state index in [9.17, 15) is 0 Å². The molecule has 1 N–H and O–H groups in total. The lowest BCUT2D eigenvalue weighted by Crippen LogP contribution is -2.25. The third kappa shape index (κ3) is 4.90. The summed E-state index contributed by atoms with van der Waals surface area (Å²) in [6.45, 7) is 4.94. The van der Waals surface area contributed by atoms with Gasteiger partial charge in [-0.25, -0.2) is 0 Å². The molecule has 1 aromatic heterocycles. The number of para-hydroxylation sites is 1. The minimum absolute atomic E-state index is 0.279. The van der Waals surface area contributed by atoms with E-state index in [0.29, 0.717) is 24.2 Å². The lowest BCUT2D eigenvalue weighted by atomic mass is 10.2. The van der Waals surface area contributed by atoms with E-state index in [1.165, 1.54) is 0 Å². The predicted octanol–water partition coefficient (Wildman–Crippen LogP) is 3.12. The summed E-state index contributed by atoms with van der Waals surface area (Å²) in [6, 6.07) is 15.8. The highest BCUT2D eigenvalue weighted by molar-refractivity contribution is 5.44. The maximum atomic E-state index is 5.99. The highest BCUT2D eigenvalue weighted by Crippen LogP contribution is 2.32. The monoisotopic (exact) mass is 395 g/mol. The summed E-state index contributed by atoms with van der Waals surface area (Å²) in [5.74, 6) is 1.23. The van der Waals surface area contributed by atoms with Crippen molar-refractivity contribution in [1.29, 1.82) is 0 Å². The quantitative estimate of drug-likeness (QED) is 0.596. The first-order chi connectivity index (χ1) is 14.3. The van der Waals surface area contributed by atoms with Gasteiger partial charge in [-0.05, 0) is 60.0 Å². The van der Waals surface area contributed by atoms with Crippen LogP contribution in [0.1, 0.15) is 25.3 Å². The number of nitrogens with one attached hydrogen (secondary N) is 1. The molecule has 0 bridgehead atoms. The standard InChI is InChI=1S/C21H25N5O3/c1-2-27-20-13-16(14-22-15-18-9-6-12-28-18)10-11-19(20)29-21-23-24-25-26(21)17-7-4-3-5-8-17/h3-5,7-8,10-11,13,18,22H,2,6,9,12,14-15H2,1H3. The molecule has 2 aromatic carbocycles. The Hall–Kier alpha value is -2.97. The highest BCUT2D eigenvalue weighted by Gasteiger charge is 2.16. The van der Waals surface area contributed by atoms with Crippen LogP contribution in [0.2, 0.25) is 0 Å². The number of ether oxygens (including phenoxy) is 3. The molecule has 1 saturated heterocycles. The number of benzene rings is 2. The van der Waals surface area contributed by atoms with Gasteiger partial charge in [-0.1, -0.05) is 29.4 Å². The molecule has 2 heterocycles. The van der Waals surface area contributed by atoms with Crippen LogP contribution < -0.4 is 14.8 Å². The van der Waals surface area contributed by atoms with Gasteiger partial charge in [0.1, 0.15) is 0 Å². The van der Waals surface area contributed by atoms with Crippen molar-refractivity contribution in [2.45, 2.75) is 32.4 Å². The minimum atomic E-state index is 0.279. The van der Waals surface area contributed by atoms with Crippen molar-refractivity contribution in [3.63, 3.8) is 0 Å². The van der Waals surface area contributed by atoms with Crippen molar-refractivity contribution >= 4 is 0 Å². The van der Waals surface area contributed by atoms with Crippen LogP contribution >= 0.6 is 0 Å². The molecule has 1 aliphatic rings. The van der Waals surface area contributed by atoms with Crippen LogP contribution in [0.25, 0.3) is 5.69 Å². The van der Waals surface area contributed by atoms with E-state index >= 15 is 0 Å². The molecule has 1 unspecified atom stereocenters. The Balaban J connectivity index is 1.47. The van der Waals surface area contributed by atoms with Gasteiger partial charge in [0.05, 0.1) is 18.4 Å². The molecule has 0 radical (unpaired) electrons. The van der Waals surface area contributed by atoms with E-state index in [2.05, 4.69) is 20.8 Å². The van der Waals surface area contributed by atoms with Crippen LogP contribution in [0.4, 0.5) is 0 Å². The first-order valence-corrected chi connectivity index (χ1v) is 9.93. The Bertz CT molecular complexity index is 910. The molecule has 0 spiro atoms. The van der Waals surface area contributed by atoms with E-state index in [-0.39, 0.29) is 6.01 Å². The average molecular weight is 395 g/mol. The number of aromatic nitrogens is 4. The molecule has 0 saturated carbocycles. The lowest BCUT2D eigenvalue weighted by molar-refractivity contribution is 0.110. The summed E-state index contributed by atoms with van der Waals surface area (Å²) in [5.41, 5.74) is 1.93. The molecular formula is C21H25N5O3. The molecule has 8 nitrogen and oxygen atoms in total. The Kier molecular flexibility index (Phi) is 6.33. The Morgan fingerprint density at radius 2 is 2.07 bits per heavy atom.